The Hall–Kier alpha value is -2.93. The van der Waals surface area contributed by atoms with Gasteiger partial charge in [-0.3, -0.25) is 0 Å². The van der Waals surface area contributed by atoms with Gasteiger partial charge in [-0.2, -0.15) is 0 Å². The predicted octanol–water partition coefficient (Wildman–Crippen LogP) is 4.83. The van der Waals surface area contributed by atoms with Gasteiger partial charge in [0.1, 0.15) is 22.8 Å². The van der Waals surface area contributed by atoms with E-state index in [0.29, 0.717) is 18.4 Å². The van der Waals surface area contributed by atoms with Gasteiger partial charge in [0.05, 0.1) is 0 Å². The number of aryl methyl sites for hydroxylation is 1. The molecule has 1 heterocycles. The monoisotopic (exact) mass is 416 g/mol. The van der Waals surface area contributed by atoms with Crippen LogP contribution < -0.4 is 4.74 Å². The highest BCUT2D eigenvalue weighted by molar-refractivity contribution is 5.98. The highest BCUT2D eigenvalue weighted by Gasteiger charge is 2.46. The quantitative estimate of drug-likeness (QED) is 0.341. The Bertz CT molecular complexity index is 938. The summed E-state index contributed by atoms with van der Waals surface area (Å²) in [5, 5.41) is 41.3. The smallest absolute Gasteiger partial charge is 0.345 e. The minimum Gasteiger partial charge on any atom is -0.508 e. The van der Waals surface area contributed by atoms with Crippen LogP contribution in [0.4, 0.5) is 0 Å². The standard InChI is InChI=1S/C23H28O7/c1-3-5-7-8-14-10-15(24)12-18(26)21(14)29-19-13-16(25)11-17-20(19)22(27)30-23(17,28)9-6-4-2/h10-13,24-26,28H,3-9H2,1-2H3. The van der Waals surface area contributed by atoms with Crippen molar-refractivity contribution in [2.75, 3.05) is 0 Å². The Kier molecular flexibility index (Phi) is 6.41. The lowest BCUT2D eigenvalue weighted by Gasteiger charge is -2.22. The van der Waals surface area contributed by atoms with E-state index < -0.39 is 11.8 Å². The molecule has 7 nitrogen and oxygen atoms in total. The topological polar surface area (TPSA) is 116 Å². The van der Waals surface area contributed by atoms with Crippen molar-refractivity contribution in [2.45, 2.75) is 64.6 Å². The molecular weight excluding hydrogens is 388 g/mol. The Labute approximate surface area is 175 Å². The number of phenols is 3. The highest BCUT2D eigenvalue weighted by Crippen LogP contribution is 2.47. The third kappa shape index (κ3) is 4.31. The number of hydrogen-bond acceptors (Lipinski definition) is 7. The molecule has 0 amide bonds. The van der Waals surface area contributed by atoms with Gasteiger partial charge >= 0.3 is 5.97 Å². The first-order chi connectivity index (χ1) is 14.3. The summed E-state index contributed by atoms with van der Waals surface area (Å²) < 4.78 is 11.1. The van der Waals surface area contributed by atoms with E-state index in [1.54, 1.807) is 0 Å². The zero-order valence-corrected chi connectivity index (χ0v) is 17.3. The second-order valence-electron chi connectivity index (χ2n) is 7.66. The van der Waals surface area contributed by atoms with Crippen molar-refractivity contribution in [1.29, 1.82) is 0 Å². The average molecular weight is 416 g/mol. The minimum absolute atomic E-state index is 0.0124. The summed E-state index contributed by atoms with van der Waals surface area (Å²) in [6.07, 6.45) is 4.95. The maximum atomic E-state index is 12.6. The number of carbonyl (C=O) groups is 1. The third-order valence-electron chi connectivity index (χ3n) is 5.24. The number of aliphatic hydroxyl groups is 1. The maximum absolute atomic E-state index is 12.6. The fraction of sp³-hybridized carbons (Fsp3) is 0.435. The number of aromatic hydroxyl groups is 3. The van der Waals surface area contributed by atoms with Gasteiger partial charge in [0.25, 0.3) is 0 Å². The molecule has 162 valence electrons. The van der Waals surface area contributed by atoms with Crippen molar-refractivity contribution in [2.24, 2.45) is 0 Å². The van der Waals surface area contributed by atoms with Crippen LogP contribution in [0, 0.1) is 0 Å². The zero-order chi connectivity index (χ0) is 21.9. The van der Waals surface area contributed by atoms with Crippen LogP contribution in [0.2, 0.25) is 0 Å². The number of cyclic esters (lactones) is 1. The number of unbranched alkanes of at least 4 members (excludes halogenated alkanes) is 3. The fourth-order valence-corrected chi connectivity index (χ4v) is 3.70. The minimum atomic E-state index is -1.83. The first kappa shape index (κ1) is 21.8. The molecule has 7 heteroatoms. The largest absolute Gasteiger partial charge is 0.508 e. The summed E-state index contributed by atoms with van der Waals surface area (Å²) in [7, 11) is 0. The fourth-order valence-electron chi connectivity index (χ4n) is 3.70. The molecule has 0 bridgehead atoms. The molecule has 0 saturated carbocycles. The number of benzene rings is 2. The molecule has 1 atom stereocenters. The third-order valence-corrected chi connectivity index (χ3v) is 5.24. The second kappa shape index (κ2) is 8.83. The van der Waals surface area contributed by atoms with Crippen LogP contribution in [-0.2, 0) is 16.9 Å². The molecule has 1 aliphatic heterocycles. The van der Waals surface area contributed by atoms with Crippen LogP contribution in [0.3, 0.4) is 0 Å². The van der Waals surface area contributed by atoms with Gasteiger partial charge in [0, 0.05) is 29.7 Å². The number of carbonyl (C=O) groups excluding carboxylic acids is 1. The predicted molar refractivity (Wildman–Crippen MR) is 110 cm³/mol. The van der Waals surface area contributed by atoms with Gasteiger partial charge in [-0.25, -0.2) is 4.79 Å². The van der Waals surface area contributed by atoms with E-state index in [1.165, 1.54) is 18.2 Å². The zero-order valence-electron chi connectivity index (χ0n) is 17.3. The molecule has 1 unspecified atom stereocenters. The lowest BCUT2D eigenvalue weighted by Crippen LogP contribution is -2.25. The van der Waals surface area contributed by atoms with Gasteiger partial charge in [0.2, 0.25) is 5.79 Å². The number of hydrogen-bond donors (Lipinski definition) is 4. The van der Waals surface area contributed by atoms with E-state index in [2.05, 4.69) is 6.92 Å². The van der Waals surface area contributed by atoms with Crippen LogP contribution in [0.1, 0.15) is 73.9 Å². The van der Waals surface area contributed by atoms with Gasteiger partial charge in [0.15, 0.2) is 11.5 Å². The van der Waals surface area contributed by atoms with Crippen LogP contribution >= 0.6 is 0 Å². The Morgan fingerprint density at radius 3 is 2.37 bits per heavy atom. The molecule has 3 rings (SSSR count). The summed E-state index contributed by atoms with van der Waals surface area (Å²) in [5.41, 5.74) is 0.728. The van der Waals surface area contributed by atoms with E-state index in [-0.39, 0.29) is 46.3 Å². The van der Waals surface area contributed by atoms with Crippen molar-refractivity contribution in [1.82, 2.24) is 0 Å². The average Bonchev–Trinajstić information content (AvgIpc) is 2.93. The molecule has 0 radical (unpaired) electrons. The summed E-state index contributed by atoms with van der Waals surface area (Å²) in [6.45, 7) is 4.02. The number of fused-ring (bicyclic) bond motifs is 1. The summed E-state index contributed by atoms with van der Waals surface area (Å²) >= 11 is 0. The number of esters is 1. The maximum Gasteiger partial charge on any atom is 0.345 e. The number of ether oxygens (including phenoxy) is 2. The van der Waals surface area contributed by atoms with Crippen LogP contribution in [0.5, 0.6) is 28.7 Å². The van der Waals surface area contributed by atoms with Crippen molar-refractivity contribution in [3.63, 3.8) is 0 Å². The van der Waals surface area contributed by atoms with Gasteiger partial charge in [-0.05, 0) is 31.4 Å². The van der Waals surface area contributed by atoms with Gasteiger partial charge in [-0.15, -0.1) is 0 Å². The molecule has 0 spiro atoms. The van der Waals surface area contributed by atoms with Crippen molar-refractivity contribution in [3.05, 3.63) is 41.0 Å². The molecule has 0 saturated heterocycles. The highest BCUT2D eigenvalue weighted by atomic mass is 16.7. The van der Waals surface area contributed by atoms with Crippen LogP contribution in [0.15, 0.2) is 24.3 Å². The molecule has 0 aromatic heterocycles. The van der Waals surface area contributed by atoms with Crippen LogP contribution in [0.25, 0.3) is 0 Å². The molecule has 1 aliphatic rings. The molecular formula is C23H28O7. The normalized spacial score (nSPS) is 17.6. The molecule has 0 fully saturated rings. The van der Waals surface area contributed by atoms with E-state index in [0.717, 1.165) is 31.7 Å². The Balaban J connectivity index is 2.03. The SMILES string of the molecule is CCCCCc1cc(O)cc(O)c1Oc1cc(O)cc2c1C(=O)OC2(O)CCCC. The molecule has 4 N–H and O–H groups in total. The van der Waals surface area contributed by atoms with E-state index in [1.807, 2.05) is 6.92 Å². The Morgan fingerprint density at radius 2 is 1.67 bits per heavy atom. The van der Waals surface area contributed by atoms with Crippen molar-refractivity contribution in [3.8, 4) is 28.7 Å². The lowest BCUT2D eigenvalue weighted by molar-refractivity contribution is -0.168. The summed E-state index contributed by atoms with van der Waals surface area (Å²) in [4.78, 5) is 12.6. The second-order valence-corrected chi connectivity index (χ2v) is 7.66. The molecule has 2 aromatic rings. The first-order valence-electron chi connectivity index (χ1n) is 10.3. The summed E-state index contributed by atoms with van der Waals surface area (Å²) in [5.74, 6) is -3.12. The van der Waals surface area contributed by atoms with Gasteiger partial charge in [-0.1, -0.05) is 33.1 Å². The molecule has 30 heavy (non-hydrogen) atoms. The van der Waals surface area contributed by atoms with Crippen LogP contribution in [-0.4, -0.2) is 26.4 Å². The van der Waals surface area contributed by atoms with E-state index >= 15 is 0 Å². The number of rotatable bonds is 9. The molecule has 2 aromatic carbocycles. The number of phenolic OH excluding ortho intramolecular Hbond substituents is 3. The van der Waals surface area contributed by atoms with Gasteiger partial charge < -0.3 is 29.9 Å². The first-order valence-corrected chi connectivity index (χ1v) is 10.3. The summed E-state index contributed by atoms with van der Waals surface area (Å²) in [6, 6.07) is 5.19. The van der Waals surface area contributed by atoms with E-state index in [9.17, 15) is 25.2 Å². The van der Waals surface area contributed by atoms with E-state index in [4.69, 9.17) is 9.47 Å². The van der Waals surface area contributed by atoms with Crippen molar-refractivity contribution >= 4 is 5.97 Å². The lowest BCUT2D eigenvalue weighted by atomic mass is 9.96. The van der Waals surface area contributed by atoms with Crippen molar-refractivity contribution < 1.29 is 34.7 Å². The Morgan fingerprint density at radius 1 is 0.967 bits per heavy atom. The molecule has 0 aliphatic carbocycles.